The third kappa shape index (κ3) is 4.17. The van der Waals surface area contributed by atoms with Gasteiger partial charge in [0.15, 0.2) is 0 Å². The average Bonchev–Trinajstić information content (AvgIpc) is 3.31. The minimum Gasteiger partial charge on any atom is -0.374 e. The third-order valence-electron chi connectivity index (χ3n) is 6.22. The summed E-state index contributed by atoms with van der Waals surface area (Å²) in [6.07, 6.45) is -0.491. The second-order valence-electron chi connectivity index (χ2n) is 8.43. The summed E-state index contributed by atoms with van der Waals surface area (Å²) in [5.74, 6) is 0. The Morgan fingerprint density at radius 1 is 0.839 bits per heavy atom. The van der Waals surface area contributed by atoms with Crippen molar-refractivity contribution in [2.24, 2.45) is 0 Å². The molecule has 2 bridgehead atoms. The molecule has 2 fully saturated rings. The fourth-order valence-corrected chi connectivity index (χ4v) is 4.60. The lowest BCUT2D eigenvalue weighted by Gasteiger charge is -2.31. The first-order valence-corrected chi connectivity index (χ1v) is 10.9. The molecule has 0 aromatic heterocycles. The Labute approximate surface area is 183 Å². The van der Waals surface area contributed by atoms with Crippen molar-refractivity contribution in [2.75, 3.05) is 13.2 Å². The number of benzene rings is 3. The lowest BCUT2D eigenvalue weighted by Crippen LogP contribution is -2.46. The van der Waals surface area contributed by atoms with Gasteiger partial charge in [0.25, 0.3) is 0 Å². The summed E-state index contributed by atoms with van der Waals surface area (Å²) in [5, 5.41) is 0. The second kappa shape index (κ2) is 8.93. The zero-order valence-electron chi connectivity index (χ0n) is 17.8. The van der Waals surface area contributed by atoms with E-state index in [1.165, 1.54) is 5.56 Å². The molecule has 4 heteroatoms. The molecule has 0 N–H and O–H groups in total. The van der Waals surface area contributed by atoms with Gasteiger partial charge >= 0.3 is 0 Å². The first-order chi connectivity index (χ1) is 15.3. The van der Waals surface area contributed by atoms with Gasteiger partial charge in [-0.3, -0.25) is 0 Å². The number of rotatable bonds is 8. The molecule has 4 nitrogen and oxygen atoms in total. The highest BCUT2D eigenvalue weighted by atomic mass is 16.7. The fourth-order valence-electron chi connectivity index (χ4n) is 4.60. The second-order valence-corrected chi connectivity index (χ2v) is 8.43. The first-order valence-electron chi connectivity index (χ1n) is 10.9. The van der Waals surface area contributed by atoms with Crippen molar-refractivity contribution in [1.29, 1.82) is 0 Å². The van der Waals surface area contributed by atoms with E-state index >= 15 is 0 Å². The van der Waals surface area contributed by atoms with Gasteiger partial charge < -0.3 is 18.9 Å². The molecule has 0 amide bonds. The number of fused-ring (bicyclic) bond motifs is 2. The molecule has 1 unspecified atom stereocenters. The van der Waals surface area contributed by atoms with Gasteiger partial charge in [0, 0.05) is 0 Å². The lowest BCUT2D eigenvalue weighted by atomic mass is 9.95. The normalized spacial score (nSPS) is 26.9. The van der Waals surface area contributed by atoms with Crippen LogP contribution < -0.4 is 0 Å². The maximum absolute atomic E-state index is 6.68. The van der Waals surface area contributed by atoms with E-state index < -0.39 is 5.60 Å². The van der Waals surface area contributed by atoms with E-state index in [9.17, 15) is 0 Å². The maximum atomic E-state index is 6.68. The Morgan fingerprint density at radius 3 is 2.19 bits per heavy atom. The molecular weight excluding hydrogens is 388 g/mol. The van der Waals surface area contributed by atoms with Crippen molar-refractivity contribution in [3.8, 4) is 0 Å². The van der Waals surface area contributed by atoms with Crippen molar-refractivity contribution in [1.82, 2.24) is 0 Å². The molecular formula is C27H28O4. The topological polar surface area (TPSA) is 36.9 Å². The molecule has 2 aliphatic heterocycles. The smallest absolute Gasteiger partial charge is 0.144 e. The zero-order valence-corrected chi connectivity index (χ0v) is 17.8. The minimum absolute atomic E-state index is 0.148. The van der Waals surface area contributed by atoms with E-state index in [0.717, 1.165) is 16.7 Å². The Hall–Kier alpha value is -2.50. The highest BCUT2D eigenvalue weighted by Gasteiger charge is 2.62. The molecule has 3 aromatic rings. The van der Waals surface area contributed by atoms with Crippen molar-refractivity contribution in [2.45, 2.75) is 44.1 Å². The van der Waals surface area contributed by atoms with Gasteiger partial charge in [-0.25, -0.2) is 0 Å². The SMILES string of the molecule is Cc1ccccc1[C@@H]1O[C@@]2(COCc3ccccc3)CO[C@H]1C2OCc1ccccc1. The first kappa shape index (κ1) is 20.4. The summed E-state index contributed by atoms with van der Waals surface area (Å²) in [6, 6.07) is 28.8. The van der Waals surface area contributed by atoms with E-state index in [-0.39, 0.29) is 18.3 Å². The molecule has 0 saturated carbocycles. The van der Waals surface area contributed by atoms with Crippen LogP contribution in [0.2, 0.25) is 0 Å². The quantitative estimate of drug-likeness (QED) is 0.518. The van der Waals surface area contributed by atoms with E-state index in [4.69, 9.17) is 18.9 Å². The Bertz CT molecular complexity index is 990. The predicted octanol–water partition coefficient (Wildman–Crippen LogP) is 5.01. The molecule has 2 aliphatic rings. The van der Waals surface area contributed by atoms with Crippen LogP contribution in [0.1, 0.15) is 28.4 Å². The molecule has 0 aliphatic carbocycles. The largest absolute Gasteiger partial charge is 0.374 e. The predicted molar refractivity (Wildman–Crippen MR) is 119 cm³/mol. The van der Waals surface area contributed by atoms with Crippen LogP contribution in [-0.2, 0) is 32.2 Å². The van der Waals surface area contributed by atoms with Crippen LogP contribution in [0.4, 0.5) is 0 Å². The van der Waals surface area contributed by atoms with Crippen LogP contribution >= 0.6 is 0 Å². The number of ether oxygens (including phenoxy) is 4. The molecule has 2 heterocycles. The van der Waals surface area contributed by atoms with Crippen molar-refractivity contribution in [3.63, 3.8) is 0 Å². The van der Waals surface area contributed by atoms with Crippen LogP contribution in [0.5, 0.6) is 0 Å². The number of aryl methyl sites for hydroxylation is 1. The molecule has 31 heavy (non-hydrogen) atoms. The molecule has 4 atom stereocenters. The van der Waals surface area contributed by atoms with Crippen molar-refractivity contribution < 1.29 is 18.9 Å². The molecule has 5 rings (SSSR count). The molecule has 0 radical (unpaired) electrons. The highest BCUT2D eigenvalue weighted by molar-refractivity contribution is 5.32. The van der Waals surface area contributed by atoms with Gasteiger partial charge in [0.2, 0.25) is 0 Å². The molecule has 3 aromatic carbocycles. The average molecular weight is 417 g/mol. The summed E-state index contributed by atoms with van der Waals surface area (Å²) in [5.41, 5.74) is 4.03. The number of hydrogen-bond donors (Lipinski definition) is 0. The fraction of sp³-hybridized carbons (Fsp3) is 0.333. The minimum atomic E-state index is -0.610. The summed E-state index contributed by atoms with van der Waals surface area (Å²) in [7, 11) is 0. The third-order valence-corrected chi connectivity index (χ3v) is 6.22. The highest BCUT2D eigenvalue weighted by Crippen LogP contribution is 2.49. The summed E-state index contributed by atoms with van der Waals surface area (Å²) < 4.78 is 25.5. The Kier molecular flexibility index (Phi) is 5.88. The van der Waals surface area contributed by atoms with E-state index in [1.54, 1.807) is 0 Å². The monoisotopic (exact) mass is 416 g/mol. The molecule has 160 valence electrons. The van der Waals surface area contributed by atoms with E-state index in [1.807, 2.05) is 36.4 Å². The van der Waals surface area contributed by atoms with Gasteiger partial charge in [-0.05, 0) is 29.2 Å². The molecule has 0 spiro atoms. The van der Waals surface area contributed by atoms with E-state index in [0.29, 0.717) is 26.4 Å². The Balaban J connectivity index is 1.35. The van der Waals surface area contributed by atoms with Crippen LogP contribution in [-0.4, -0.2) is 31.0 Å². The standard InChI is InChI=1S/C27H28O4/c1-20-10-8-9-15-23(20)24-25-26(29-17-22-13-6-3-7-14-22)27(31-24,19-30-25)18-28-16-21-11-4-2-5-12-21/h2-15,24-26H,16-19H2,1H3/t24-,25+,26?,27-/m0/s1. The van der Waals surface area contributed by atoms with Crippen LogP contribution in [0.15, 0.2) is 84.9 Å². The Morgan fingerprint density at radius 2 is 1.48 bits per heavy atom. The van der Waals surface area contributed by atoms with Crippen molar-refractivity contribution >= 4 is 0 Å². The molecule has 2 saturated heterocycles. The van der Waals surface area contributed by atoms with Gasteiger partial charge in [-0.15, -0.1) is 0 Å². The van der Waals surface area contributed by atoms with Gasteiger partial charge in [-0.2, -0.15) is 0 Å². The number of hydrogen-bond acceptors (Lipinski definition) is 4. The summed E-state index contributed by atoms with van der Waals surface area (Å²) in [6.45, 7) is 4.09. The summed E-state index contributed by atoms with van der Waals surface area (Å²) >= 11 is 0. The summed E-state index contributed by atoms with van der Waals surface area (Å²) in [4.78, 5) is 0. The lowest BCUT2D eigenvalue weighted by molar-refractivity contribution is -0.176. The van der Waals surface area contributed by atoms with Crippen LogP contribution in [0.3, 0.4) is 0 Å². The maximum Gasteiger partial charge on any atom is 0.144 e. The van der Waals surface area contributed by atoms with Gasteiger partial charge in [0.05, 0.1) is 26.4 Å². The van der Waals surface area contributed by atoms with Crippen molar-refractivity contribution in [3.05, 3.63) is 107 Å². The zero-order chi connectivity index (χ0) is 21.1. The van der Waals surface area contributed by atoms with Gasteiger partial charge in [-0.1, -0.05) is 84.9 Å². The van der Waals surface area contributed by atoms with Crippen LogP contribution in [0.25, 0.3) is 0 Å². The van der Waals surface area contributed by atoms with Crippen LogP contribution in [0, 0.1) is 6.92 Å². The van der Waals surface area contributed by atoms with E-state index in [2.05, 4.69) is 55.5 Å². The van der Waals surface area contributed by atoms with Gasteiger partial charge in [0.1, 0.15) is 23.9 Å².